The fraction of sp³-hybridized carbons (Fsp3) is 0.250. The van der Waals surface area contributed by atoms with Gasteiger partial charge in [-0.05, 0) is 43.2 Å². The normalized spacial score (nSPS) is 11.4. The van der Waals surface area contributed by atoms with E-state index >= 15 is 0 Å². The summed E-state index contributed by atoms with van der Waals surface area (Å²) in [6.45, 7) is 1.64. The van der Waals surface area contributed by atoms with Gasteiger partial charge in [-0.2, -0.15) is 13.2 Å². The second-order valence-corrected chi connectivity index (χ2v) is 5.91. The fourth-order valence-electron chi connectivity index (χ4n) is 2.09. The smallest absolute Gasteiger partial charge is 0.352 e. The largest absolute Gasteiger partial charge is 0.433 e. The lowest BCUT2D eigenvalue weighted by Crippen LogP contribution is -2.27. The minimum Gasteiger partial charge on any atom is -0.352 e. The Morgan fingerprint density at radius 2 is 1.92 bits per heavy atom. The molecule has 0 saturated carbocycles. The molecule has 0 aliphatic carbocycles. The topological polar surface area (TPSA) is 42.0 Å². The first kappa shape index (κ1) is 18.5. The molecule has 1 aromatic heterocycles. The molecular formula is C16H13Cl2F3N2O. The van der Waals surface area contributed by atoms with Gasteiger partial charge in [0.1, 0.15) is 5.69 Å². The number of aryl methyl sites for hydroxylation is 1. The molecule has 1 heterocycles. The van der Waals surface area contributed by atoms with E-state index in [1.54, 1.807) is 18.2 Å². The van der Waals surface area contributed by atoms with E-state index in [9.17, 15) is 18.0 Å². The molecule has 0 spiro atoms. The Kier molecular flexibility index (Phi) is 5.72. The van der Waals surface area contributed by atoms with E-state index in [0.29, 0.717) is 16.5 Å². The summed E-state index contributed by atoms with van der Waals surface area (Å²) in [5, 5.41) is 3.64. The summed E-state index contributed by atoms with van der Waals surface area (Å²) in [6, 6.07) is 6.95. The summed E-state index contributed by atoms with van der Waals surface area (Å²) in [6.07, 6.45) is -4.07. The third kappa shape index (κ3) is 4.61. The molecule has 0 unspecified atom stereocenters. The summed E-state index contributed by atoms with van der Waals surface area (Å²) in [7, 11) is 0. The maximum absolute atomic E-state index is 12.6. The number of pyridine rings is 1. The van der Waals surface area contributed by atoms with Gasteiger partial charge in [0.2, 0.25) is 0 Å². The van der Waals surface area contributed by atoms with Crippen molar-refractivity contribution < 1.29 is 18.0 Å². The van der Waals surface area contributed by atoms with Crippen molar-refractivity contribution in [3.8, 4) is 0 Å². The van der Waals surface area contributed by atoms with Crippen molar-refractivity contribution in [3.05, 3.63) is 62.9 Å². The molecule has 0 saturated heterocycles. The quantitative estimate of drug-likeness (QED) is 0.840. The van der Waals surface area contributed by atoms with Crippen LogP contribution >= 0.6 is 23.2 Å². The Labute approximate surface area is 146 Å². The molecule has 8 heteroatoms. The Bertz CT molecular complexity index is 763. The zero-order valence-corrected chi connectivity index (χ0v) is 14.1. The second kappa shape index (κ2) is 7.40. The molecule has 0 radical (unpaired) electrons. The molecule has 128 valence electrons. The van der Waals surface area contributed by atoms with Crippen LogP contribution in [-0.4, -0.2) is 17.4 Å². The molecule has 3 nitrogen and oxygen atoms in total. The van der Waals surface area contributed by atoms with Crippen LogP contribution in [0.25, 0.3) is 0 Å². The standard InChI is InChI=1S/C16H13Cl2F3N2O/c1-9-12(4-5-14(23-9)16(19,20)21)15(24)22-7-6-10-2-3-11(17)8-13(10)18/h2-5,8H,6-7H2,1H3,(H,22,24). The Morgan fingerprint density at radius 3 is 2.50 bits per heavy atom. The predicted octanol–water partition coefficient (Wildman–Crippen LogP) is 4.69. The molecule has 0 aliphatic heterocycles. The minimum absolute atomic E-state index is 0.0202. The maximum Gasteiger partial charge on any atom is 0.433 e. The van der Waals surface area contributed by atoms with Crippen LogP contribution in [0.4, 0.5) is 13.2 Å². The molecule has 0 aliphatic rings. The second-order valence-electron chi connectivity index (χ2n) is 5.07. The zero-order chi connectivity index (χ0) is 17.9. The van der Waals surface area contributed by atoms with Gasteiger partial charge >= 0.3 is 6.18 Å². The van der Waals surface area contributed by atoms with E-state index in [1.807, 2.05) is 0 Å². The van der Waals surface area contributed by atoms with Crippen molar-refractivity contribution in [1.29, 1.82) is 0 Å². The highest BCUT2D eigenvalue weighted by atomic mass is 35.5. The van der Waals surface area contributed by atoms with Gasteiger partial charge in [-0.1, -0.05) is 29.3 Å². The number of hydrogen-bond donors (Lipinski definition) is 1. The number of hydrogen-bond acceptors (Lipinski definition) is 2. The van der Waals surface area contributed by atoms with E-state index < -0.39 is 17.8 Å². The van der Waals surface area contributed by atoms with Crippen LogP contribution in [0, 0.1) is 6.92 Å². The minimum atomic E-state index is -4.54. The third-order valence-electron chi connectivity index (χ3n) is 3.32. The van der Waals surface area contributed by atoms with Gasteiger partial charge in [0.05, 0.1) is 11.3 Å². The molecule has 0 bridgehead atoms. The van der Waals surface area contributed by atoms with Crippen LogP contribution in [0.15, 0.2) is 30.3 Å². The average molecular weight is 377 g/mol. The highest BCUT2D eigenvalue weighted by molar-refractivity contribution is 6.35. The number of carbonyl (C=O) groups excluding carboxylic acids is 1. The first-order chi connectivity index (χ1) is 11.2. The highest BCUT2D eigenvalue weighted by Gasteiger charge is 2.33. The van der Waals surface area contributed by atoms with Crippen LogP contribution in [-0.2, 0) is 12.6 Å². The molecule has 1 N–H and O–H groups in total. The molecule has 0 atom stereocenters. The van der Waals surface area contributed by atoms with Crippen molar-refractivity contribution in [2.75, 3.05) is 6.54 Å². The average Bonchev–Trinajstić information content (AvgIpc) is 2.48. The monoisotopic (exact) mass is 376 g/mol. The Balaban J connectivity index is 2.00. The van der Waals surface area contributed by atoms with Gasteiger partial charge in [-0.25, -0.2) is 4.98 Å². The summed E-state index contributed by atoms with van der Waals surface area (Å²) < 4.78 is 37.7. The molecule has 2 aromatic rings. The van der Waals surface area contributed by atoms with Crippen LogP contribution in [0.2, 0.25) is 10.0 Å². The SMILES string of the molecule is Cc1nc(C(F)(F)F)ccc1C(=O)NCCc1ccc(Cl)cc1Cl. The van der Waals surface area contributed by atoms with E-state index in [1.165, 1.54) is 6.92 Å². The number of nitrogens with zero attached hydrogens (tertiary/aromatic N) is 1. The number of amides is 1. The van der Waals surface area contributed by atoms with Crippen LogP contribution in [0.5, 0.6) is 0 Å². The van der Waals surface area contributed by atoms with Gasteiger partial charge in [0.15, 0.2) is 0 Å². The van der Waals surface area contributed by atoms with Gasteiger partial charge in [-0.15, -0.1) is 0 Å². The van der Waals surface area contributed by atoms with Crippen LogP contribution in [0.3, 0.4) is 0 Å². The van der Waals surface area contributed by atoms with Gasteiger partial charge in [-0.3, -0.25) is 4.79 Å². The lowest BCUT2D eigenvalue weighted by atomic mass is 10.1. The maximum atomic E-state index is 12.6. The lowest BCUT2D eigenvalue weighted by Gasteiger charge is -2.11. The fourth-order valence-corrected chi connectivity index (χ4v) is 2.59. The Morgan fingerprint density at radius 1 is 1.21 bits per heavy atom. The summed E-state index contributed by atoms with van der Waals surface area (Å²) in [4.78, 5) is 15.5. The summed E-state index contributed by atoms with van der Waals surface area (Å²) in [5.41, 5.74) is -0.0924. The van der Waals surface area contributed by atoms with Crippen molar-refractivity contribution in [2.24, 2.45) is 0 Å². The van der Waals surface area contributed by atoms with Gasteiger partial charge in [0.25, 0.3) is 5.91 Å². The molecular weight excluding hydrogens is 364 g/mol. The van der Waals surface area contributed by atoms with Crippen molar-refractivity contribution >= 4 is 29.1 Å². The molecule has 2 rings (SSSR count). The van der Waals surface area contributed by atoms with E-state index in [2.05, 4.69) is 10.3 Å². The lowest BCUT2D eigenvalue weighted by molar-refractivity contribution is -0.141. The first-order valence-electron chi connectivity index (χ1n) is 6.95. The number of aromatic nitrogens is 1. The Hall–Kier alpha value is -1.79. The van der Waals surface area contributed by atoms with Crippen molar-refractivity contribution in [3.63, 3.8) is 0 Å². The number of alkyl halides is 3. The van der Waals surface area contributed by atoms with Crippen LogP contribution < -0.4 is 5.32 Å². The predicted molar refractivity (Wildman–Crippen MR) is 86.5 cm³/mol. The van der Waals surface area contributed by atoms with Crippen LogP contribution in [0.1, 0.15) is 27.3 Å². The number of carbonyl (C=O) groups is 1. The molecule has 0 fully saturated rings. The van der Waals surface area contributed by atoms with Gasteiger partial charge in [0, 0.05) is 16.6 Å². The number of benzene rings is 1. The molecule has 1 aromatic carbocycles. The first-order valence-corrected chi connectivity index (χ1v) is 7.71. The number of nitrogens with one attached hydrogen (secondary N) is 1. The molecule has 1 amide bonds. The number of rotatable bonds is 4. The van der Waals surface area contributed by atoms with E-state index in [0.717, 1.165) is 17.7 Å². The van der Waals surface area contributed by atoms with E-state index in [4.69, 9.17) is 23.2 Å². The number of halogens is 5. The highest BCUT2D eigenvalue weighted by Crippen LogP contribution is 2.28. The molecule has 24 heavy (non-hydrogen) atoms. The van der Waals surface area contributed by atoms with Crippen molar-refractivity contribution in [2.45, 2.75) is 19.5 Å². The van der Waals surface area contributed by atoms with Crippen molar-refractivity contribution in [1.82, 2.24) is 10.3 Å². The summed E-state index contributed by atoms with van der Waals surface area (Å²) >= 11 is 11.8. The zero-order valence-electron chi connectivity index (χ0n) is 12.5. The van der Waals surface area contributed by atoms with Gasteiger partial charge < -0.3 is 5.32 Å². The summed E-state index contributed by atoms with van der Waals surface area (Å²) in [5.74, 6) is -0.487. The third-order valence-corrected chi connectivity index (χ3v) is 3.90. The van der Waals surface area contributed by atoms with E-state index in [-0.39, 0.29) is 17.8 Å².